The summed E-state index contributed by atoms with van der Waals surface area (Å²) in [6.45, 7) is 0.670. The van der Waals surface area contributed by atoms with E-state index in [-0.39, 0.29) is 12.5 Å². The molecule has 0 saturated carbocycles. The molecule has 1 fully saturated rings. The molecule has 1 heterocycles. The van der Waals surface area contributed by atoms with E-state index in [2.05, 4.69) is 5.32 Å². The van der Waals surface area contributed by atoms with Crippen LogP contribution in [0.1, 0.15) is 12.8 Å². The maximum Gasteiger partial charge on any atom is 0.320 e. The van der Waals surface area contributed by atoms with E-state index >= 15 is 0 Å². The number of rotatable bonds is 6. The molecule has 130 valence electrons. The lowest BCUT2D eigenvalue weighted by Crippen LogP contribution is -2.40. The molecule has 0 bridgehead atoms. The highest BCUT2D eigenvalue weighted by Crippen LogP contribution is 2.29. The molecule has 6 heteroatoms. The van der Waals surface area contributed by atoms with Gasteiger partial charge in [-0.2, -0.15) is 0 Å². The van der Waals surface area contributed by atoms with E-state index in [0.29, 0.717) is 30.2 Å². The zero-order chi connectivity index (χ0) is 17.6. The fourth-order valence-electron chi connectivity index (χ4n) is 2.94. The van der Waals surface area contributed by atoms with Gasteiger partial charge < -0.3 is 15.2 Å². The summed E-state index contributed by atoms with van der Waals surface area (Å²) in [5, 5.41) is 12.0. The van der Waals surface area contributed by atoms with Crippen LogP contribution in [0.4, 0.5) is 5.69 Å². The van der Waals surface area contributed by atoms with Gasteiger partial charge in [-0.1, -0.05) is 30.3 Å². The van der Waals surface area contributed by atoms with Crippen molar-refractivity contribution in [2.24, 2.45) is 0 Å². The third-order valence-corrected chi connectivity index (χ3v) is 4.13. The number of ether oxygens (including phenoxy) is 1. The van der Waals surface area contributed by atoms with Crippen LogP contribution in [0.25, 0.3) is 0 Å². The van der Waals surface area contributed by atoms with Gasteiger partial charge in [0.2, 0.25) is 5.91 Å². The van der Waals surface area contributed by atoms with Gasteiger partial charge in [0, 0.05) is 0 Å². The van der Waals surface area contributed by atoms with E-state index in [1.165, 1.54) is 0 Å². The topological polar surface area (TPSA) is 78.9 Å². The van der Waals surface area contributed by atoms with Crippen molar-refractivity contribution in [3.63, 3.8) is 0 Å². The first-order valence-electron chi connectivity index (χ1n) is 8.22. The Labute approximate surface area is 146 Å². The molecule has 2 N–H and O–H groups in total. The summed E-state index contributed by atoms with van der Waals surface area (Å²) in [7, 11) is 0. The number of carboxylic acid groups (broad SMARTS) is 1. The summed E-state index contributed by atoms with van der Waals surface area (Å²) in [5.41, 5.74) is 0.558. The Hall–Kier alpha value is -2.86. The minimum atomic E-state index is -0.877. The number of carbonyl (C=O) groups is 2. The predicted molar refractivity (Wildman–Crippen MR) is 93.8 cm³/mol. The fourth-order valence-corrected chi connectivity index (χ4v) is 2.94. The van der Waals surface area contributed by atoms with E-state index < -0.39 is 12.0 Å². The van der Waals surface area contributed by atoms with Gasteiger partial charge in [-0.25, -0.2) is 0 Å². The van der Waals surface area contributed by atoms with E-state index in [9.17, 15) is 14.7 Å². The van der Waals surface area contributed by atoms with Crippen molar-refractivity contribution in [3.05, 3.63) is 54.6 Å². The maximum atomic E-state index is 12.3. The number of anilines is 1. The third-order valence-electron chi connectivity index (χ3n) is 4.13. The monoisotopic (exact) mass is 340 g/mol. The minimum Gasteiger partial charge on any atom is -0.480 e. The first kappa shape index (κ1) is 17.0. The van der Waals surface area contributed by atoms with Gasteiger partial charge in [-0.15, -0.1) is 0 Å². The lowest BCUT2D eigenvalue weighted by atomic mass is 10.2. The standard InChI is InChI=1S/C19H20N2O4/c22-18(13-21-12-6-10-16(21)19(23)24)20-15-9-4-5-11-17(15)25-14-7-2-1-3-8-14/h1-5,7-9,11,16H,6,10,12-13H2,(H,20,22)(H,23,24)/t16-/m1/s1. The number of hydrogen-bond donors (Lipinski definition) is 2. The van der Waals surface area contributed by atoms with Crippen molar-refractivity contribution in [1.82, 2.24) is 4.90 Å². The van der Waals surface area contributed by atoms with Crippen LogP contribution in [0.3, 0.4) is 0 Å². The van der Waals surface area contributed by atoms with Crippen molar-refractivity contribution in [2.75, 3.05) is 18.4 Å². The molecule has 1 atom stereocenters. The summed E-state index contributed by atoms with van der Waals surface area (Å²) in [6, 6.07) is 15.9. The highest BCUT2D eigenvalue weighted by atomic mass is 16.5. The van der Waals surface area contributed by atoms with Gasteiger partial charge in [-0.05, 0) is 43.7 Å². The van der Waals surface area contributed by atoms with Crippen molar-refractivity contribution in [2.45, 2.75) is 18.9 Å². The normalized spacial score (nSPS) is 17.2. The van der Waals surface area contributed by atoms with Crippen LogP contribution in [0.2, 0.25) is 0 Å². The molecule has 1 amide bonds. The fraction of sp³-hybridized carbons (Fsp3) is 0.263. The van der Waals surface area contributed by atoms with E-state index in [1.54, 1.807) is 17.0 Å². The number of para-hydroxylation sites is 3. The Balaban J connectivity index is 1.66. The maximum absolute atomic E-state index is 12.3. The molecule has 0 spiro atoms. The Morgan fingerprint density at radius 1 is 1.12 bits per heavy atom. The number of benzene rings is 2. The second-order valence-electron chi connectivity index (χ2n) is 5.93. The smallest absolute Gasteiger partial charge is 0.320 e. The molecule has 1 saturated heterocycles. The van der Waals surface area contributed by atoms with Crippen LogP contribution in [0.15, 0.2) is 54.6 Å². The van der Waals surface area contributed by atoms with E-state index in [0.717, 1.165) is 6.42 Å². The highest BCUT2D eigenvalue weighted by Gasteiger charge is 2.31. The van der Waals surface area contributed by atoms with Gasteiger partial charge in [-0.3, -0.25) is 14.5 Å². The number of amides is 1. The molecule has 0 aromatic heterocycles. The second-order valence-corrected chi connectivity index (χ2v) is 5.93. The molecule has 1 aliphatic heterocycles. The van der Waals surface area contributed by atoms with Gasteiger partial charge in [0.1, 0.15) is 11.8 Å². The quantitative estimate of drug-likeness (QED) is 0.845. The van der Waals surface area contributed by atoms with Gasteiger partial charge in [0.05, 0.1) is 12.2 Å². The summed E-state index contributed by atoms with van der Waals surface area (Å²) in [4.78, 5) is 25.2. The molecule has 2 aromatic carbocycles. The number of aliphatic carboxylic acids is 1. The molecule has 6 nitrogen and oxygen atoms in total. The Morgan fingerprint density at radius 2 is 1.84 bits per heavy atom. The Kier molecular flexibility index (Phi) is 5.30. The van der Waals surface area contributed by atoms with Crippen molar-refractivity contribution >= 4 is 17.6 Å². The first-order valence-corrected chi connectivity index (χ1v) is 8.22. The molecular formula is C19H20N2O4. The largest absolute Gasteiger partial charge is 0.480 e. The van der Waals surface area contributed by atoms with Crippen LogP contribution in [0.5, 0.6) is 11.5 Å². The number of carboxylic acids is 1. The Morgan fingerprint density at radius 3 is 2.60 bits per heavy atom. The van der Waals surface area contributed by atoms with Crippen LogP contribution in [-0.4, -0.2) is 41.0 Å². The minimum absolute atomic E-state index is 0.0522. The average Bonchev–Trinajstić information content (AvgIpc) is 3.06. The number of likely N-dealkylation sites (tertiary alicyclic amines) is 1. The zero-order valence-electron chi connectivity index (χ0n) is 13.7. The number of carbonyl (C=O) groups excluding carboxylic acids is 1. The van der Waals surface area contributed by atoms with Crippen molar-refractivity contribution < 1.29 is 19.4 Å². The zero-order valence-corrected chi connectivity index (χ0v) is 13.7. The second kappa shape index (κ2) is 7.81. The number of nitrogens with zero attached hydrogens (tertiary/aromatic N) is 1. The summed E-state index contributed by atoms with van der Waals surface area (Å²) < 4.78 is 5.82. The first-order chi connectivity index (χ1) is 12.1. The summed E-state index contributed by atoms with van der Waals surface area (Å²) in [5.74, 6) is 0.0864. The molecule has 3 rings (SSSR count). The van der Waals surface area contributed by atoms with Gasteiger partial charge in [0.25, 0.3) is 0 Å². The average molecular weight is 340 g/mol. The summed E-state index contributed by atoms with van der Waals surface area (Å²) >= 11 is 0. The van der Waals surface area contributed by atoms with Crippen LogP contribution in [-0.2, 0) is 9.59 Å². The predicted octanol–water partition coefficient (Wildman–Crippen LogP) is 2.97. The van der Waals surface area contributed by atoms with Crippen LogP contribution in [0, 0.1) is 0 Å². The van der Waals surface area contributed by atoms with Gasteiger partial charge >= 0.3 is 5.97 Å². The number of hydrogen-bond acceptors (Lipinski definition) is 4. The SMILES string of the molecule is O=C(CN1CCC[C@@H]1C(=O)O)Nc1ccccc1Oc1ccccc1. The van der Waals surface area contributed by atoms with Crippen molar-refractivity contribution in [1.29, 1.82) is 0 Å². The van der Waals surface area contributed by atoms with E-state index in [1.807, 2.05) is 42.5 Å². The Bertz CT molecular complexity index is 748. The van der Waals surface area contributed by atoms with E-state index in [4.69, 9.17) is 4.74 Å². The number of nitrogens with one attached hydrogen (secondary N) is 1. The van der Waals surface area contributed by atoms with Gasteiger partial charge in [0.15, 0.2) is 5.75 Å². The van der Waals surface area contributed by atoms with Crippen LogP contribution < -0.4 is 10.1 Å². The molecule has 2 aromatic rings. The lowest BCUT2D eigenvalue weighted by Gasteiger charge is -2.20. The highest BCUT2D eigenvalue weighted by molar-refractivity contribution is 5.94. The third kappa shape index (κ3) is 4.36. The molecule has 1 aliphatic rings. The molecular weight excluding hydrogens is 320 g/mol. The molecule has 0 unspecified atom stereocenters. The summed E-state index contributed by atoms with van der Waals surface area (Å²) in [6.07, 6.45) is 1.37. The lowest BCUT2D eigenvalue weighted by molar-refractivity contribution is -0.142. The van der Waals surface area contributed by atoms with Crippen molar-refractivity contribution in [3.8, 4) is 11.5 Å². The molecule has 0 aliphatic carbocycles. The molecule has 25 heavy (non-hydrogen) atoms. The molecule has 0 radical (unpaired) electrons. The van der Waals surface area contributed by atoms with Crippen LogP contribution >= 0.6 is 0 Å².